The van der Waals surface area contributed by atoms with Gasteiger partial charge in [-0.15, -0.1) is 24.0 Å². The maximum atomic E-state index is 5.97. The van der Waals surface area contributed by atoms with Crippen molar-refractivity contribution in [2.75, 3.05) is 45.9 Å². The number of aliphatic imine (C=N–C) groups is 1. The van der Waals surface area contributed by atoms with Crippen LogP contribution in [0.2, 0.25) is 0 Å². The first-order valence-corrected chi connectivity index (χ1v) is 9.98. The summed E-state index contributed by atoms with van der Waals surface area (Å²) in [6.07, 6.45) is 5.09. The summed E-state index contributed by atoms with van der Waals surface area (Å²) in [6.45, 7) is 8.79. The second-order valence-corrected chi connectivity index (χ2v) is 6.90. The lowest BCUT2D eigenvalue weighted by molar-refractivity contribution is 0.0971. The summed E-state index contributed by atoms with van der Waals surface area (Å²) in [7, 11) is 0. The molecule has 1 unspecified atom stereocenters. The number of guanidine groups is 1. The van der Waals surface area contributed by atoms with Gasteiger partial charge in [-0.25, -0.2) is 4.99 Å². The molecule has 0 aromatic heterocycles. The number of hydrogen-bond acceptors (Lipinski definition) is 4. The Kier molecular flexibility index (Phi) is 10.0. The zero-order valence-corrected chi connectivity index (χ0v) is 18.6. The zero-order valence-electron chi connectivity index (χ0n) is 16.3. The predicted octanol–water partition coefficient (Wildman–Crippen LogP) is 2.88. The molecule has 1 saturated heterocycles. The van der Waals surface area contributed by atoms with Crippen molar-refractivity contribution in [3.05, 3.63) is 24.3 Å². The first-order chi connectivity index (χ1) is 12.8. The van der Waals surface area contributed by atoms with Crippen molar-refractivity contribution in [3.63, 3.8) is 0 Å². The molecule has 27 heavy (non-hydrogen) atoms. The van der Waals surface area contributed by atoms with E-state index in [1.807, 2.05) is 24.3 Å². The second-order valence-electron chi connectivity index (χ2n) is 6.90. The van der Waals surface area contributed by atoms with Gasteiger partial charge in [-0.3, -0.25) is 0 Å². The van der Waals surface area contributed by atoms with Crippen molar-refractivity contribution in [2.24, 2.45) is 4.99 Å². The number of unbranched alkanes of at least 4 members (excludes halogenated alkanes) is 1. The van der Waals surface area contributed by atoms with Crippen LogP contribution in [0.1, 0.15) is 32.6 Å². The highest BCUT2D eigenvalue weighted by molar-refractivity contribution is 14.0. The molecular formula is C20H33IN4O2. The largest absolute Gasteiger partial charge is 0.486 e. The van der Waals surface area contributed by atoms with E-state index in [0.29, 0.717) is 13.2 Å². The Balaban J connectivity index is 0.00000261. The Hall–Kier alpha value is -1.22. The fourth-order valence-corrected chi connectivity index (χ4v) is 3.36. The standard InChI is InChI=1S/C20H32N4O2.HI/c1-2-21-20(22-11-5-6-12-24-13-7-8-14-24)23-15-17-16-25-18-9-3-4-10-19(18)26-17;/h3-4,9-10,17H,2,5-8,11-16H2,1H3,(H2,21,22,23);1H. The topological polar surface area (TPSA) is 58.1 Å². The minimum atomic E-state index is -0.0458. The van der Waals surface area contributed by atoms with Gasteiger partial charge in [0.05, 0.1) is 6.54 Å². The van der Waals surface area contributed by atoms with Crippen LogP contribution in [0.15, 0.2) is 29.3 Å². The molecule has 2 aliphatic rings. The maximum Gasteiger partial charge on any atom is 0.191 e. The Morgan fingerprint density at radius 2 is 1.93 bits per heavy atom. The number of nitrogens with one attached hydrogen (secondary N) is 2. The summed E-state index contributed by atoms with van der Waals surface area (Å²) in [6, 6.07) is 7.79. The fourth-order valence-electron chi connectivity index (χ4n) is 3.36. The summed E-state index contributed by atoms with van der Waals surface area (Å²) in [4.78, 5) is 7.23. The summed E-state index contributed by atoms with van der Waals surface area (Å²) >= 11 is 0. The molecule has 2 N–H and O–H groups in total. The van der Waals surface area contributed by atoms with E-state index in [1.54, 1.807) is 0 Å². The van der Waals surface area contributed by atoms with Crippen LogP contribution in [0, 0.1) is 0 Å². The van der Waals surface area contributed by atoms with Crippen molar-refractivity contribution in [1.29, 1.82) is 0 Å². The summed E-state index contributed by atoms with van der Waals surface area (Å²) < 4.78 is 11.7. The molecule has 3 rings (SSSR count). The van der Waals surface area contributed by atoms with Gasteiger partial charge in [0, 0.05) is 13.1 Å². The molecule has 1 atom stereocenters. The van der Waals surface area contributed by atoms with E-state index in [0.717, 1.165) is 37.0 Å². The molecule has 7 heteroatoms. The molecule has 6 nitrogen and oxygen atoms in total. The summed E-state index contributed by atoms with van der Waals surface area (Å²) in [5.74, 6) is 2.48. The van der Waals surface area contributed by atoms with Crippen LogP contribution in [0.3, 0.4) is 0 Å². The second kappa shape index (κ2) is 12.3. The Morgan fingerprint density at radius 3 is 2.70 bits per heavy atom. The SMILES string of the molecule is CCNC(=NCC1COc2ccccc2O1)NCCCCN1CCCC1.I. The number of para-hydroxylation sites is 2. The average Bonchev–Trinajstić information content (AvgIpc) is 3.19. The van der Waals surface area contributed by atoms with Crippen LogP contribution in [0.25, 0.3) is 0 Å². The van der Waals surface area contributed by atoms with Gasteiger partial charge in [-0.05, 0) is 64.4 Å². The monoisotopic (exact) mass is 488 g/mol. The van der Waals surface area contributed by atoms with Gasteiger partial charge in [-0.1, -0.05) is 12.1 Å². The molecule has 0 saturated carbocycles. The molecule has 0 amide bonds. The van der Waals surface area contributed by atoms with E-state index in [9.17, 15) is 0 Å². The van der Waals surface area contributed by atoms with Crippen molar-refractivity contribution in [3.8, 4) is 11.5 Å². The highest BCUT2D eigenvalue weighted by atomic mass is 127. The van der Waals surface area contributed by atoms with Crippen LogP contribution >= 0.6 is 24.0 Å². The van der Waals surface area contributed by atoms with E-state index in [-0.39, 0.29) is 30.1 Å². The highest BCUT2D eigenvalue weighted by Gasteiger charge is 2.20. The molecular weight excluding hydrogens is 455 g/mol. The molecule has 2 aliphatic heterocycles. The normalized spacial score (nSPS) is 19.4. The summed E-state index contributed by atoms with van der Waals surface area (Å²) in [5.41, 5.74) is 0. The maximum absolute atomic E-state index is 5.97. The number of rotatable bonds is 8. The number of halogens is 1. The van der Waals surface area contributed by atoms with Gasteiger partial charge >= 0.3 is 0 Å². The first-order valence-electron chi connectivity index (χ1n) is 9.98. The van der Waals surface area contributed by atoms with Crippen LogP contribution in [-0.4, -0.2) is 62.8 Å². The van der Waals surface area contributed by atoms with Gasteiger partial charge in [-0.2, -0.15) is 0 Å². The minimum Gasteiger partial charge on any atom is -0.486 e. The molecule has 2 heterocycles. The lowest BCUT2D eigenvalue weighted by atomic mass is 10.2. The third-order valence-electron chi connectivity index (χ3n) is 4.76. The molecule has 1 fully saturated rings. The molecule has 0 radical (unpaired) electrons. The zero-order chi connectivity index (χ0) is 18.0. The summed E-state index contributed by atoms with van der Waals surface area (Å²) in [5, 5.41) is 6.73. The highest BCUT2D eigenvalue weighted by Crippen LogP contribution is 2.30. The number of likely N-dealkylation sites (tertiary alicyclic amines) is 1. The van der Waals surface area contributed by atoms with E-state index in [1.165, 1.54) is 38.9 Å². The van der Waals surface area contributed by atoms with Crippen molar-refractivity contribution >= 4 is 29.9 Å². The quantitative estimate of drug-likeness (QED) is 0.255. The fraction of sp³-hybridized carbons (Fsp3) is 0.650. The average molecular weight is 488 g/mol. The Labute approximate surface area is 180 Å². The van der Waals surface area contributed by atoms with E-state index < -0.39 is 0 Å². The van der Waals surface area contributed by atoms with E-state index in [4.69, 9.17) is 9.47 Å². The number of ether oxygens (including phenoxy) is 2. The Morgan fingerprint density at radius 1 is 1.15 bits per heavy atom. The predicted molar refractivity (Wildman–Crippen MR) is 121 cm³/mol. The molecule has 1 aromatic carbocycles. The van der Waals surface area contributed by atoms with Crippen LogP contribution in [0.4, 0.5) is 0 Å². The van der Waals surface area contributed by atoms with Crippen LogP contribution < -0.4 is 20.1 Å². The smallest absolute Gasteiger partial charge is 0.191 e. The molecule has 0 spiro atoms. The van der Waals surface area contributed by atoms with Gasteiger partial charge in [0.15, 0.2) is 23.6 Å². The van der Waals surface area contributed by atoms with E-state index >= 15 is 0 Å². The number of nitrogens with zero attached hydrogens (tertiary/aromatic N) is 2. The molecule has 152 valence electrons. The first kappa shape index (κ1) is 22.1. The molecule has 1 aromatic rings. The number of fused-ring (bicyclic) bond motifs is 1. The van der Waals surface area contributed by atoms with Gasteiger partial charge in [0.25, 0.3) is 0 Å². The number of hydrogen-bond donors (Lipinski definition) is 2. The van der Waals surface area contributed by atoms with Crippen molar-refractivity contribution in [2.45, 2.75) is 38.7 Å². The van der Waals surface area contributed by atoms with Crippen molar-refractivity contribution in [1.82, 2.24) is 15.5 Å². The third-order valence-corrected chi connectivity index (χ3v) is 4.76. The van der Waals surface area contributed by atoms with Crippen LogP contribution in [0.5, 0.6) is 11.5 Å². The minimum absolute atomic E-state index is 0. The Bertz CT molecular complexity index is 579. The van der Waals surface area contributed by atoms with Crippen molar-refractivity contribution < 1.29 is 9.47 Å². The van der Waals surface area contributed by atoms with E-state index in [2.05, 4.69) is 27.4 Å². The third kappa shape index (κ3) is 7.37. The molecule has 0 aliphatic carbocycles. The lowest BCUT2D eigenvalue weighted by Crippen LogP contribution is -2.40. The van der Waals surface area contributed by atoms with Crippen LogP contribution in [-0.2, 0) is 0 Å². The lowest BCUT2D eigenvalue weighted by Gasteiger charge is -2.25. The van der Waals surface area contributed by atoms with Gasteiger partial charge in [0.2, 0.25) is 0 Å². The molecule has 0 bridgehead atoms. The van der Waals surface area contributed by atoms with Gasteiger partial charge in [0.1, 0.15) is 6.61 Å². The number of benzene rings is 1. The van der Waals surface area contributed by atoms with Gasteiger partial charge < -0.3 is 25.0 Å².